The summed E-state index contributed by atoms with van der Waals surface area (Å²) in [6.07, 6.45) is -1.21. The van der Waals surface area contributed by atoms with E-state index in [1.807, 2.05) is 30.3 Å². The number of aliphatic hydroxyl groups is 2. The third-order valence-corrected chi connectivity index (χ3v) is 8.35. The van der Waals surface area contributed by atoms with Gasteiger partial charge in [0.25, 0.3) is 21.5 Å². The topological polar surface area (TPSA) is 170 Å². The third kappa shape index (κ3) is 4.56. The van der Waals surface area contributed by atoms with E-state index in [9.17, 15) is 28.2 Å². The number of sulfonamides is 1. The summed E-state index contributed by atoms with van der Waals surface area (Å²) in [6, 6.07) is 15.9. The van der Waals surface area contributed by atoms with E-state index in [2.05, 4.69) is 15.0 Å². The Morgan fingerprint density at radius 1 is 1.13 bits per heavy atom. The van der Waals surface area contributed by atoms with Crippen LogP contribution in [0.5, 0.6) is 5.75 Å². The van der Waals surface area contributed by atoms with Crippen LogP contribution >= 0.6 is 11.3 Å². The predicted molar refractivity (Wildman–Crippen MR) is 143 cm³/mol. The number of aromatic hydroxyl groups is 1. The summed E-state index contributed by atoms with van der Waals surface area (Å²) in [7, 11) is -4.47. The molecule has 0 bridgehead atoms. The molecule has 0 saturated heterocycles. The molecule has 0 saturated carbocycles. The molecule has 0 spiro atoms. The van der Waals surface area contributed by atoms with Crippen molar-refractivity contribution in [2.75, 3.05) is 18.5 Å². The van der Waals surface area contributed by atoms with Crippen molar-refractivity contribution in [1.29, 1.82) is 0 Å². The molecule has 1 aliphatic rings. The summed E-state index contributed by atoms with van der Waals surface area (Å²) in [5, 5.41) is 36.4. The van der Waals surface area contributed by atoms with Crippen molar-refractivity contribution in [3.8, 4) is 5.75 Å². The van der Waals surface area contributed by atoms with E-state index in [0.717, 1.165) is 16.9 Å². The number of rotatable bonds is 7. The second-order valence-electron chi connectivity index (χ2n) is 8.51. The van der Waals surface area contributed by atoms with Gasteiger partial charge in [0.05, 0.1) is 30.3 Å². The normalized spacial score (nSPS) is 14.8. The van der Waals surface area contributed by atoms with Gasteiger partial charge in [0, 0.05) is 17.3 Å². The first-order valence-corrected chi connectivity index (χ1v) is 13.7. The molecule has 5 rings (SSSR count). The number of hydrogen-bond acceptors (Lipinski definition) is 9. The fourth-order valence-corrected chi connectivity index (χ4v) is 6.70. The van der Waals surface area contributed by atoms with Gasteiger partial charge in [-0.25, -0.2) is 0 Å². The van der Waals surface area contributed by atoms with Gasteiger partial charge in [-0.2, -0.15) is 8.42 Å². The molecule has 11 nitrogen and oxygen atoms in total. The largest absolute Gasteiger partial charge is 0.506 e. The van der Waals surface area contributed by atoms with Crippen LogP contribution in [-0.4, -0.2) is 59.3 Å². The van der Waals surface area contributed by atoms with E-state index in [1.54, 1.807) is 24.3 Å². The minimum Gasteiger partial charge on any atom is -0.506 e. The molecule has 1 aliphatic heterocycles. The number of aromatic nitrogens is 1. The van der Waals surface area contributed by atoms with Gasteiger partial charge < -0.3 is 30.5 Å². The van der Waals surface area contributed by atoms with E-state index in [-0.39, 0.29) is 39.9 Å². The molecule has 0 radical (unpaired) electrons. The third-order valence-electron chi connectivity index (χ3n) is 5.97. The zero-order valence-electron chi connectivity index (χ0n) is 19.7. The van der Waals surface area contributed by atoms with Crippen molar-refractivity contribution >= 4 is 49.0 Å². The Kier molecular flexibility index (Phi) is 6.75. The highest BCUT2D eigenvalue weighted by molar-refractivity contribution is 7.90. The lowest BCUT2D eigenvalue weighted by atomic mass is 10.1. The SMILES string of the molecule is O=C(NC[C@H](O)CO)c1csc2c1S(=O)(=O)N=C(c1c(O)c3ccccc3n(Cc3ccccc3)c1=O)N2. The number of thiophene rings is 1. The summed E-state index contributed by atoms with van der Waals surface area (Å²) < 4.78 is 31.6. The minimum atomic E-state index is -4.47. The maximum atomic E-state index is 13.7. The van der Waals surface area contributed by atoms with Gasteiger partial charge in [0.1, 0.15) is 21.2 Å². The van der Waals surface area contributed by atoms with Crippen LogP contribution in [0.25, 0.3) is 10.9 Å². The van der Waals surface area contributed by atoms with Gasteiger partial charge in [-0.15, -0.1) is 15.7 Å². The number of hydrogen-bond donors (Lipinski definition) is 5. The molecule has 0 aliphatic carbocycles. The van der Waals surface area contributed by atoms with E-state index in [4.69, 9.17) is 5.11 Å². The van der Waals surface area contributed by atoms with E-state index < -0.39 is 40.0 Å². The predicted octanol–water partition coefficient (Wildman–Crippen LogP) is 1.46. The molecule has 4 aromatic rings. The molecular formula is C25H22N4O7S2. The highest BCUT2D eigenvalue weighted by Crippen LogP contribution is 2.38. The van der Waals surface area contributed by atoms with Crippen LogP contribution in [0, 0.1) is 0 Å². The van der Waals surface area contributed by atoms with Crippen LogP contribution < -0.4 is 16.2 Å². The van der Waals surface area contributed by atoms with Crippen molar-refractivity contribution in [3.63, 3.8) is 0 Å². The number of amidine groups is 1. The van der Waals surface area contributed by atoms with Crippen LogP contribution in [0.15, 0.2) is 74.1 Å². The van der Waals surface area contributed by atoms with Crippen LogP contribution in [0.3, 0.4) is 0 Å². The monoisotopic (exact) mass is 554 g/mol. The molecule has 38 heavy (non-hydrogen) atoms. The molecule has 2 aromatic heterocycles. The Bertz CT molecular complexity index is 1740. The van der Waals surface area contributed by atoms with Gasteiger partial charge >= 0.3 is 0 Å². The van der Waals surface area contributed by atoms with Gasteiger partial charge in [-0.05, 0) is 17.7 Å². The minimum absolute atomic E-state index is 0.0458. The zero-order valence-corrected chi connectivity index (χ0v) is 21.3. The number of nitrogens with one attached hydrogen (secondary N) is 2. The van der Waals surface area contributed by atoms with Crippen LogP contribution in [0.2, 0.25) is 0 Å². The number of para-hydroxylation sites is 1. The lowest BCUT2D eigenvalue weighted by Crippen LogP contribution is -2.35. The maximum absolute atomic E-state index is 13.7. The summed E-state index contributed by atoms with van der Waals surface area (Å²) in [6.45, 7) is -0.692. The quantitative estimate of drug-likeness (QED) is 0.229. The number of carbonyl (C=O) groups is 1. The van der Waals surface area contributed by atoms with Crippen LogP contribution in [0.1, 0.15) is 21.5 Å². The second kappa shape index (κ2) is 10.0. The number of anilines is 1. The fourth-order valence-electron chi connectivity index (χ4n) is 4.15. The van der Waals surface area contributed by atoms with Crippen molar-refractivity contribution in [2.24, 2.45) is 4.40 Å². The summed E-state index contributed by atoms with van der Waals surface area (Å²) in [5.74, 6) is -1.57. The number of pyridine rings is 1. The smallest absolute Gasteiger partial charge is 0.288 e. The van der Waals surface area contributed by atoms with Gasteiger partial charge in [-0.1, -0.05) is 42.5 Å². The molecule has 13 heteroatoms. The Labute approximate surface area is 220 Å². The highest BCUT2D eigenvalue weighted by Gasteiger charge is 2.35. The zero-order chi connectivity index (χ0) is 27.0. The van der Waals surface area contributed by atoms with Crippen LogP contribution in [-0.2, 0) is 16.6 Å². The average Bonchev–Trinajstić information content (AvgIpc) is 3.35. The molecule has 3 heterocycles. The molecular weight excluding hydrogens is 532 g/mol. The Morgan fingerprint density at radius 3 is 2.58 bits per heavy atom. The first-order chi connectivity index (χ1) is 18.2. The van der Waals surface area contributed by atoms with Gasteiger partial charge in [0.2, 0.25) is 0 Å². The lowest BCUT2D eigenvalue weighted by Gasteiger charge is -2.19. The number of fused-ring (bicyclic) bond motifs is 2. The van der Waals surface area contributed by atoms with Crippen molar-refractivity contribution in [1.82, 2.24) is 9.88 Å². The van der Waals surface area contributed by atoms with Crippen molar-refractivity contribution < 1.29 is 28.5 Å². The second-order valence-corrected chi connectivity index (χ2v) is 10.9. The summed E-state index contributed by atoms with van der Waals surface area (Å²) in [5.41, 5.74) is 0.115. The van der Waals surface area contributed by atoms with Crippen LogP contribution in [0.4, 0.5) is 5.00 Å². The number of benzene rings is 2. The molecule has 2 aromatic carbocycles. The van der Waals surface area contributed by atoms with Gasteiger partial charge in [-0.3, -0.25) is 9.59 Å². The Morgan fingerprint density at radius 2 is 1.84 bits per heavy atom. The Balaban J connectivity index is 1.61. The molecule has 0 fully saturated rings. The number of amides is 1. The average molecular weight is 555 g/mol. The summed E-state index contributed by atoms with van der Waals surface area (Å²) >= 11 is 0.909. The molecule has 1 atom stereocenters. The maximum Gasteiger partial charge on any atom is 0.288 e. The molecule has 0 unspecified atom stereocenters. The first kappa shape index (κ1) is 25.6. The standard InChI is InChI=1S/C25H22N4O7S2/c30-12-15(31)10-26-23(33)17-13-37-24-21(17)38(35,36)28-22(27-24)19-20(32)16-8-4-5-9-18(16)29(25(19)34)11-14-6-2-1-3-7-14/h1-9,13,15,30-32H,10-12H2,(H,26,33)(H,27,28)/t15-/m0/s1. The Hall–Kier alpha value is -4.04. The van der Waals surface area contributed by atoms with E-state index in [1.165, 1.54) is 9.95 Å². The number of carbonyl (C=O) groups excluding carboxylic acids is 1. The number of nitrogens with zero attached hydrogens (tertiary/aromatic N) is 2. The van der Waals surface area contributed by atoms with Crippen molar-refractivity contribution in [3.05, 3.63) is 87.0 Å². The van der Waals surface area contributed by atoms with Crippen molar-refractivity contribution in [2.45, 2.75) is 17.5 Å². The lowest BCUT2D eigenvalue weighted by molar-refractivity contribution is 0.0800. The fraction of sp³-hybridized carbons (Fsp3) is 0.160. The summed E-state index contributed by atoms with van der Waals surface area (Å²) in [4.78, 5) is 25.9. The highest BCUT2D eigenvalue weighted by atomic mass is 32.2. The molecule has 5 N–H and O–H groups in total. The molecule has 196 valence electrons. The molecule has 1 amide bonds. The number of aliphatic hydroxyl groups excluding tert-OH is 2. The van der Waals surface area contributed by atoms with Gasteiger partial charge in [0.15, 0.2) is 5.84 Å². The first-order valence-electron chi connectivity index (χ1n) is 11.4. The van der Waals surface area contributed by atoms with E-state index >= 15 is 0 Å². The van der Waals surface area contributed by atoms with E-state index in [0.29, 0.717) is 10.9 Å².